The molecule has 11 nitrogen and oxygen atoms in total. The van der Waals surface area contributed by atoms with Gasteiger partial charge in [0.1, 0.15) is 5.69 Å². The molecule has 0 saturated heterocycles. The fraction of sp³-hybridized carbons (Fsp3) is 0.0417. The lowest BCUT2D eigenvalue weighted by atomic mass is 10.1. The van der Waals surface area contributed by atoms with E-state index < -0.39 is 21.7 Å². The summed E-state index contributed by atoms with van der Waals surface area (Å²) in [6, 6.07) is 18.0. The zero-order chi connectivity index (χ0) is 26.2. The number of hydrogen-bond acceptors (Lipinski definition) is 7. The third kappa shape index (κ3) is 4.99. The zero-order valence-corrected chi connectivity index (χ0v) is 21.5. The lowest BCUT2D eigenvalue weighted by Gasteiger charge is -2.10. The smallest absolute Gasteiger partial charge is 0.272 e. The van der Waals surface area contributed by atoms with E-state index in [4.69, 9.17) is 0 Å². The molecule has 0 fully saturated rings. The van der Waals surface area contributed by atoms with Crippen LogP contribution in [0.1, 0.15) is 20.8 Å². The Balaban J connectivity index is 1.44. The normalized spacial score (nSPS) is 11.4. The Hall–Kier alpha value is -4.36. The van der Waals surface area contributed by atoms with Gasteiger partial charge in [0.2, 0.25) is 0 Å². The first-order valence-electron chi connectivity index (χ1n) is 10.8. The zero-order valence-electron chi connectivity index (χ0n) is 19.1. The minimum atomic E-state index is -3.61. The van der Waals surface area contributed by atoms with Gasteiger partial charge in [0, 0.05) is 21.7 Å². The Morgan fingerprint density at radius 1 is 0.919 bits per heavy atom. The van der Waals surface area contributed by atoms with Gasteiger partial charge in [0.25, 0.3) is 11.8 Å². The molecule has 2 amide bonds. The van der Waals surface area contributed by atoms with Crippen LogP contribution in [0.3, 0.4) is 0 Å². The van der Waals surface area contributed by atoms with Crippen molar-refractivity contribution in [2.24, 2.45) is 0 Å². The van der Waals surface area contributed by atoms with Crippen LogP contribution in [-0.2, 0) is 9.84 Å². The van der Waals surface area contributed by atoms with Gasteiger partial charge < -0.3 is 15.6 Å². The van der Waals surface area contributed by atoms with Crippen LogP contribution >= 0.6 is 15.9 Å². The molecule has 13 heteroatoms. The van der Waals surface area contributed by atoms with Crippen molar-refractivity contribution in [3.63, 3.8) is 0 Å². The monoisotopic (exact) mass is 579 g/mol. The van der Waals surface area contributed by atoms with Crippen LogP contribution in [-0.4, -0.2) is 52.1 Å². The number of anilines is 2. The second kappa shape index (κ2) is 9.59. The highest BCUT2D eigenvalue weighted by Gasteiger charge is 2.20. The van der Waals surface area contributed by atoms with E-state index in [1.165, 1.54) is 12.1 Å². The SMILES string of the molecule is CS(=O)(=O)c1ccccc1C(=O)Nc1cccc2cc(C(=O)Nc3ccc(Br)cc3-c3nnn[nH]3)[nH]c12. The van der Waals surface area contributed by atoms with Crippen LogP contribution in [0.5, 0.6) is 0 Å². The number of nitrogens with zero attached hydrogens (tertiary/aromatic N) is 3. The van der Waals surface area contributed by atoms with Gasteiger partial charge in [-0.3, -0.25) is 9.59 Å². The van der Waals surface area contributed by atoms with Crippen molar-refractivity contribution >= 4 is 59.9 Å². The Kier molecular flexibility index (Phi) is 6.31. The molecule has 0 spiro atoms. The highest BCUT2D eigenvalue weighted by Crippen LogP contribution is 2.30. The molecule has 5 rings (SSSR count). The van der Waals surface area contributed by atoms with Crippen molar-refractivity contribution in [1.29, 1.82) is 0 Å². The molecular weight excluding hydrogens is 562 g/mol. The number of aromatic nitrogens is 5. The van der Waals surface area contributed by atoms with Gasteiger partial charge in [-0.25, -0.2) is 13.5 Å². The molecule has 0 unspecified atom stereocenters. The first-order chi connectivity index (χ1) is 17.7. The number of rotatable bonds is 6. The lowest BCUT2D eigenvalue weighted by Crippen LogP contribution is -2.16. The minimum Gasteiger partial charge on any atom is -0.349 e. The molecule has 5 aromatic rings. The molecule has 2 aromatic heterocycles. The summed E-state index contributed by atoms with van der Waals surface area (Å²) in [6.07, 6.45) is 1.05. The van der Waals surface area contributed by atoms with Crippen LogP contribution < -0.4 is 10.6 Å². The number of amides is 2. The number of aromatic amines is 2. The summed E-state index contributed by atoms with van der Waals surface area (Å²) in [5, 5.41) is 20.0. The Morgan fingerprint density at radius 2 is 1.70 bits per heavy atom. The van der Waals surface area contributed by atoms with Crippen molar-refractivity contribution in [2.75, 3.05) is 16.9 Å². The predicted octanol–water partition coefficient (Wildman–Crippen LogP) is 4.02. The standard InChI is InChI=1S/C24H18BrN7O4S/c1-37(35,36)20-8-3-2-6-15(20)23(33)28-18-7-4-5-13-11-19(26-21(13)18)24(34)27-17-10-9-14(25)12-16(17)22-29-31-32-30-22/h2-12,26H,1H3,(H,27,34)(H,28,33)(H,29,30,31,32). The average molecular weight is 580 g/mol. The summed E-state index contributed by atoms with van der Waals surface area (Å²) in [4.78, 5) is 29.1. The number of benzene rings is 3. The van der Waals surface area contributed by atoms with Crippen molar-refractivity contribution < 1.29 is 18.0 Å². The molecule has 37 heavy (non-hydrogen) atoms. The molecule has 0 aliphatic carbocycles. The van der Waals surface area contributed by atoms with Crippen LogP contribution in [0, 0.1) is 0 Å². The summed E-state index contributed by atoms with van der Waals surface area (Å²) in [6.45, 7) is 0. The fourth-order valence-corrected chi connectivity index (χ4v) is 5.08. The van der Waals surface area contributed by atoms with E-state index in [-0.39, 0.29) is 16.2 Å². The number of para-hydroxylation sites is 1. The third-order valence-corrected chi connectivity index (χ3v) is 7.16. The fourth-order valence-electron chi connectivity index (χ4n) is 3.83. The molecule has 0 radical (unpaired) electrons. The van der Waals surface area contributed by atoms with Crippen molar-refractivity contribution in [3.05, 3.63) is 82.5 Å². The van der Waals surface area contributed by atoms with Crippen LogP contribution in [0.4, 0.5) is 11.4 Å². The second-order valence-corrected chi connectivity index (χ2v) is 11.0. The Morgan fingerprint density at radius 3 is 2.46 bits per heavy atom. The molecule has 4 N–H and O–H groups in total. The Labute approximate surface area is 218 Å². The second-order valence-electron chi connectivity index (χ2n) is 8.07. The maximum Gasteiger partial charge on any atom is 0.272 e. The quantitative estimate of drug-likeness (QED) is 0.236. The molecule has 3 aromatic carbocycles. The number of tetrazole rings is 1. The minimum absolute atomic E-state index is 0.0243. The molecular formula is C24H18BrN7O4S. The molecule has 0 bridgehead atoms. The number of sulfone groups is 1. The highest BCUT2D eigenvalue weighted by molar-refractivity contribution is 9.10. The summed E-state index contributed by atoms with van der Waals surface area (Å²) < 4.78 is 25.0. The molecule has 0 atom stereocenters. The molecule has 186 valence electrons. The number of halogens is 1. The van der Waals surface area contributed by atoms with E-state index >= 15 is 0 Å². The van der Waals surface area contributed by atoms with Crippen LogP contribution in [0.2, 0.25) is 0 Å². The predicted molar refractivity (Wildman–Crippen MR) is 141 cm³/mol. The topological polar surface area (TPSA) is 163 Å². The maximum atomic E-state index is 13.1. The van der Waals surface area contributed by atoms with E-state index in [0.29, 0.717) is 33.7 Å². The molecule has 0 aliphatic rings. The van der Waals surface area contributed by atoms with Gasteiger partial charge in [-0.15, -0.1) is 5.10 Å². The first-order valence-corrected chi connectivity index (χ1v) is 13.5. The van der Waals surface area contributed by atoms with Gasteiger partial charge in [-0.05, 0) is 52.9 Å². The lowest BCUT2D eigenvalue weighted by molar-refractivity contribution is 0.101. The largest absolute Gasteiger partial charge is 0.349 e. The van der Waals surface area contributed by atoms with Crippen LogP contribution in [0.25, 0.3) is 22.3 Å². The van der Waals surface area contributed by atoms with Gasteiger partial charge in [0.15, 0.2) is 15.7 Å². The maximum absolute atomic E-state index is 13.1. The van der Waals surface area contributed by atoms with E-state index in [1.807, 2.05) is 0 Å². The van der Waals surface area contributed by atoms with Crippen molar-refractivity contribution in [3.8, 4) is 11.4 Å². The van der Waals surface area contributed by atoms with E-state index in [1.54, 1.807) is 54.6 Å². The molecule has 0 saturated carbocycles. The van der Waals surface area contributed by atoms with E-state index in [2.05, 4.69) is 52.2 Å². The van der Waals surface area contributed by atoms with E-state index in [0.717, 1.165) is 10.7 Å². The van der Waals surface area contributed by atoms with Crippen LogP contribution in [0.15, 0.2) is 76.1 Å². The summed E-state index contributed by atoms with van der Waals surface area (Å²) in [5.41, 5.74) is 2.24. The number of hydrogen-bond donors (Lipinski definition) is 4. The summed E-state index contributed by atoms with van der Waals surface area (Å²) in [7, 11) is -3.61. The van der Waals surface area contributed by atoms with Gasteiger partial charge >= 0.3 is 0 Å². The number of fused-ring (bicyclic) bond motifs is 1. The summed E-state index contributed by atoms with van der Waals surface area (Å²) in [5.74, 6) is -0.631. The highest BCUT2D eigenvalue weighted by atomic mass is 79.9. The van der Waals surface area contributed by atoms with E-state index in [9.17, 15) is 18.0 Å². The van der Waals surface area contributed by atoms with Crippen molar-refractivity contribution in [1.82, 2.24) is 25.6 Å². The van der Waals surface area contributed by atoms with Gasteiger partial charge in [-0.2, -0.15) is 0 Å². The summed E-state index contributed by atoms with van der Waals surface area (Å²) >= 11 is 3.41. The number of carbonyl (C=O) groups excluding carboxylic acids is 2. The molecule has 2 heterocycles. The van der Waals surface area contributed by atoms with Crippen molar-refractivity contribution in [2.45, 2.75) is 4.90 Å². The third-order valence-electron chi connectivity index (χ3n) is 5.51. The van der Waals surface area contributed by atoms with Gasteiger partial charge in [0.05, 0.1) is 27.4 Å². The first kappa shape index (κ1) is 24.3. The number of carbonyl (C=O) groups is 2. The number of H-pyrrole nitrogens is 2. The Bertz CT molecular complexity index is 1770. The van der Waals surface area contributed by atoms with Gasteiger partial charge in [-0.1, -0.05) is 40.2 Å². The average Bonchev–Trinajstić information content (AvgIpc) is 3.55. The molecule has 0 aliphatic heterocycles. The number of nitrogens with one attached hydrogen (secondary N) is 4.